The predicted molar refractivity (Wildman–Crippen MR) is 90.6 cm³/mol. The lowest BCUT2D eigenvalue weighted by atomic mass is 10.1. The number of alkyl halides is 3. The molecule has 0 saturated carbocycles. The van der Waals surface area contributed by atoms with Gasteiger partial charge in [0, 0.05) is 16.5 Å². The quantitative estimate of drug-likeness (QED) is 0.637. The Hall–Kier alpha value is -2.47. The van der Waals surface area contributed by atoms with Crippen LogP contribution in [0.25, 0.3) is 10.8 Å². The summed E-state index contributed by atoms with van der Waals surface area (Å²) in [5.74, 6) is 0.426. The number of hydrogen-bond acceptors (Lipinski definition) is 3. The molecule has 0 atom stereocenters. The number of aryl methyl sites for hydroxylation is 1. The average molecular weight is 352 g/mol. The first-order valence-corrected chi connectivity index (χ1v) is 7.42. The Bertz CT molecular complexity index is 923. The Balaban J connectivity index is 2.07. The molecular weight excluding hydrogens is 339 g/mol. The van der Waals surface area contributed by atoms with E-state index in [0.29, 0.717) is 11.5 Å². The van der Waals surface area contributed by atoms with Crippen molar-refractivity contribution < 1.29 is 13.2 Å². The van der Waals surface area contributed by atoms with Gasteiger partial charge in [-0.05, 0) is 31.2 Å². The third-order valence-electron chi connectivity index (χ3n) is 3.61. The summed E-state index contributed by atoms with van der Waals surface area (Å²) in [6.07, 6.45) is -3.05. The van der Waals surface area contributed by atoms with Crippen LogP contribution in [-0.2, 0) is 6.18 Å². The van der Waals surface area contributed by atoms with Crippen LogP contribution < -0.4 is 11.1 Å². The number of nitrogens with zero attached hydrogens (tertiary/aromatic N) is 1. The van der Waals surface area contributed by atoms with Crippen LogP contribution in [0.4, 0.5) is 30.4 Å². The van der Waals surface area contributed by atoms with Crippen LogP contribution in [0.2, 0.25) is 5.02 Å². The van der Waals surface area contributed by atoms with Crippen molar-refractivity contribution in [3.05, 3.63) is 58.7 Å². The number of halogens is 4. The second-order valence-corrected chi connectivity index (χ2v) is 5.84. The zero-order valence-corrected chi connectivity index (χ0v) is 13.3. The maximum Gasteiger partial charge on any atom is 0.417 e. The van der Waals surface area contributed by atoms with Crippen LogP contribution >= 0.6 is 11.6 Å². The minimum Gasteiger partial charge on any atom is -0.397 e. The van der Waals surface area contributed by atoms with Gasteiger partial charge in [-0.25, -0.2) is 4.98 Å². The molecule has 3 N–H and O–H groups in total. The SMILES string of the molecule is Cc1ccc2c(Nc3ccc(Cl)c(C(F)(F)F)c3)ncc(N)c2c1. The van der Waals surface area contributed by atoms with Gasteiger partial charge in [-0.15, -0.1) is 0 Å². The molecule has 0 aliphatic carbocycles. The zero-order chi connectivity index (χ0) is 17.5. The maximum atomic E-state index is 13.0. The van der Waals surface area contributed by atoms with Crippen LogP contribution in [0.15, 0.2) is 42.6 Å². The Morgan fingerprint density at radius 1 is 1.08 bits per heavy atom. The fraction of sp³-hybridized carbons (Fsp3) is 0.118. The summed E-state index contributed by atoms with van der Waals surface area (Å²) in [5, 5.41) is 4.08. The molecule has 0 aliphatic rings. The van der Waals surface area contributed by atoms with Crippen molar-refractivity contribution in [1.82, 2.24) is 4.98 Å². The summed E-state index contributed by atoms with van der Waals surface area (Å²) in [6, 6.07) is 9.25. The van der Waals surface area contributed by atoms with Gasteiger partial charge in [0.25, 0.3) is 0 Å². The number of aromatic nitrogens is 1. The van der Waals surface area contributed by atoms with Crippen molar-refractivity contribution >= 4 is 39.6 Å². The molecule has 1 heterocycles. The van der Waals surface area contributed by atoms with Crippen molar-refractivity contribution in [1.29, 1.82) is 0 Å². The molecule has 0 aliphatic heterocycles. The van der Waals surface area contributed by atoms with E-state index in [2.05, 4.69) is 10.3 Å². The molecule has 1 aromatic heterocycles. The highest BCUT2D eigenvalue weighted by Gasteiger charge is 2.33. The van der Waals surface area contributed by atoms with Crippen molar-refractivity contribution in [3.63, 3.8) is 0 Å². The summed E-state index contributed by atoms with van der Waals surface area (Å²) < 4.78 is 38.9. The van der Waals surface area contributed by atoms with E-state index < -0.39 is 11.7 Å². The molecular formula is C17H13ClF3N3. The molecule has 3 rings (SSSR count). The smallest absolute Gasteiger partial charge is 0.397 e. The van der Waals surface area contributed by atoms with E-state index in [9.17, 15) is 13.2 Å². The van der Waals surface area contributed by atoms with Crippen molar-refractivity contribution in [3.8, 4) is 0 Å². The molecule has 3 nitrogen and oxygen atoms in total. The number of nitrogens with two attached hydrogens (primary N) is 1. The molecule has 24 heavy (non-hydrogen) atoms. The third-order valence-corrected chi connectivity index (χ3v) is 3.94. The van der Waals surface area contributed by atoms with E-state index in [1.54, 1.807) is 0 Å². The number of anilines is 3. The number of hydrogen-bond donors (Lipinski definition) is 2. The molecule has 0 unspecified atom stereocenters. The lowest BCUT2D eigenvalue weighted by Gasteiger charge is -2.14. The molecule has 2 aromatic carbocycles. The van der Waals surface area contributed by atoms with Crippen molar-refractivity contribution in [2.24, 2.45) is 0 Å². The molecule has 3 aromatic rings. The van der Waals surface area contributed by atoms with E-state index in [0.717, 1.165) is 22.4 Å². The van der Waals surface area contributed by atoms with E-state index >= 15 is 0 Å². The standard InChI is InChI=1S/C17H13ClF3N3/c1-9-2-4-11-12(6-9)15(22)8-23-16(11)24-10-3-5-14(18)13(7-10)17(19,20)21/h2-8H,22H2,1H3,(H,23,24). The monoisotopic (exact) mass is 351 g/mol. The summed E-state index contributed by atoms with van der Waals surface area (Å²) in [7, 11) is 0. The number of benzene rings is 2. The summed E-state index contributed by atoms with van der Waals surface area (Å²) in [5.41, 5.74) is 6.81. The van der Waals surface area contributed by atoms with Gasteiger partial charge in [0.1, 0.15) is 5.82 Å². The first-order chi connectivity index (χ1) is 11.3. The fourth-order valence-corrected chi connectivity index (χ4v) is 2.66. The van der Waals surface area contributed by atoms with Gasteiger partial charge < -0.3 is 11.1 Å². The van der Waals surface area contributed by atoms with Crippen LogP contribution in [0, 0.1) is 6.92 Å². The van der Waals surface area contributed by atoms with E-state index in [1.165, 1.54) is 18.3 Å². The normalized spacial score (nSPS) is 11.7. The minimum atomic E-state index is -4.53. The number of nitrogens with one attached hydrogen (secondary N) is 1. The molecule has 7 heteroatoms. The summed E-state index contributed by atoms with van der Waals surface area (Å²) in [6.45, 7) is 1.93. The highest BCUT2D eigenvalue weighted by Crippen LogP contribution is 2.37. The van der Waals surface area contributed by atoms with Gasteiger partial charge in [0.05, 0.1) is 22.5 Å². The lowest BCUT2D eigenvalue weighted by Crippen LogP contribution is -2.07. The number of pyridine rings is 1. The molecule has 124 valence electrons. The zero-order valence-electron chi connectivity index (χ0n) is 12.6. The van der Waals surface area contributed by atoms with Crippen LogP contribution in [-0.4, -0.2) is 4.98 Å². The first kappa shape index (κ1) is 16.4. The molecule has 0 saturated heterocycles. The lowest BCUT2D eigenvalue weighted by molar-refractivity contribution is -0.137. The van der Waals surface area contributed by atoms with Crippen LogP contribution in [0.1, 0.15) is 11.1 Å². The Morgan fingerprint density at radius 3 is 2.54 bits per heavy atom. The van der Waals surface area contributed by atoms with Crippen LogP contribution in [0.3, 0.4) is 0 Å². The predicted octanol–water partition coefficient (Wildman–Crippen LogP) is 5.54. The van der Waals surface area contributed by atoms with Gasteiger partial charge in [-0.2, -0.15) is 13.2 Å². The fourth-order valence-electron chi connectivity index (χ4n) is 2.43. The van der Waals surface area contributed by atoms with Crippen LogP contribution in [0.5, 0.6) is 0 Å². The van der Waals surface area contributed by atoms with Crippen molar-refractivity contribution in [2.75, 3.05) is 11.1 Å². The number of fused-ring (bicyclic) bond motifs is 1. The van der Waals surface area contributed by atoms with Gasteiger partial charge in [0.2, 0.25) is 0 Å². The highest BCUT2D eigenvalue weighted by molar-refractivity contribution is 6.31. The Kier molecular flexibility index (Phi) is 4.01. The first-order valence-electron chi connectivity index (χ1n) is 7.04. The van der Waals surface area contributed by atoms with E-state index in [-0.39, 0.29) is 10.7 Å². The molecule has 0 fully saturated rings. The largest absolute Gasteiger partial charge is 0.417 e. The summed E-state index contributed by atoms with van der Waals surface area (Å²) in [4.78, 5) is 4.20. The summed E-state index contributed by atoms with van der Waals surface area (Å²) >= 11 is 5.64. The van der Waals surface area contributed by atoms with Gasteiger partial charge >= 0.3 is 6.18 Å². The third kappa shape index (κ3) is 3.10. The van der Waals surface area contributed by atoms with Gasteiger partial charge in [-0.3, -0.25) is 0 Å². The second kappa shape index (κ2) is 5.87. The minimum absolute atomic E-state index is 0.242. The molecule has 0 amide bonds. The Labute approximate surface area is 141 Å². The van der Waals surface area contributed by atoms with E-state index in [1.807, 2.05) is 25.1 Å². The molecule has 0 bridgehead atoms. The van der Waals surface area contributed by atoms with Gasteiger partial charge in [-0.1, -0.05) is 29.3 Å². The van der Waals surface area contributed by atoms with Crippen molar-refractivity contribution in [2.45, 2.75) is 13.1 Å². The average Bonchev–Trinajstić information content (AvgIpc) is 2.51. The second-order valence-electron chi connectivity index (χ2n) is 5.43. The molecule has 0 radical (unpaired) electrons. The topological polar surface area (TPSA) is 50.9 Å². The Morgan fingerprint density at radius 2 is 1.83 bits per heavy atom. The molecule has 0 spiro atoms. The highest BCUT2D eigenvalue weighted by atomic mass is 35.5. The van der Waals surface area contributed by atoms with E-state index in [4.69, 9.17) is 17.3 Å². The van der Waals surface area contributed by atoms with Gasteiger partial charge in [0.15, 0.2) is 0 Å². The maximum absolute atomic E-state index is 13.0. The number of rotatable bonds is 2. The number of nitrogen functional groups attached to an aromatic ring is 1.